The maximum atomic E-state index is 12.2. The van der Waals surface area contributed by atoms with Gasteiger partial charge in [-0.1, -0.05) is 24.3 Å². The number of allylic oxidation sites excluding steroid dienone is 1. The van der Waals surface area contributed by atoms with Crippen molar-refractivity contribution in [3.05, 3.63) is 83.1 Å². The Kier molecular flexibility index (Phi) is 5.19. The lowest BCUT2D eigenvalue weighted by Crippen LogP contribution is -1.96. The van der Waals surface area contributed by atoms with Gasteiger partial charge in [0.15, 0.2) is 5.78 Å². The molecule has 3 N–H and O–H groups in total. The number of phenols is 1. The molecule has 1 heterocycles. The van der Waals surface area contributed by atoms with Crippen molar-refractivity contribution in [1.82, 2.24) is 0 Å². The van der Waals surface area contributed by atoms with E-state index < -0.39 is 5.97 Å². The summed E-state index contributed by atoms with van der Waals surface area (Å²) in [7, 11) is 0. The van der Waals surface area contributed by atoms with Crippen molar-refractivity contribution >= 4 is 17.8 Å². The highest BCUT2D eigenvalue weighted by molar-refractivity contribution is 6.06. The van der Waals surface area contributed by atoms with E-state index in [-0.39, 0.29) is 23.7 Å². The van der Waals surface area contributed by atoms with Crippen LogP contribution in [0.15, 0.2) is 65.1 Å². The van der Waals surface area contributed by atoms with Crippen LogP contribution in [0, 0.1) is 0 Å². The quantitative estimate of drug-likeness (QED) is 0.454. The zero-order valence-corrected chi connectivity index (χ0v) is 14.1. The van der Waals surface area contributed by atoms with E-state index in [1.165, 1.54) is 24.3 Å². The number of benzene rings is 2. The van der Waals surface area contributed by atoms with Gasteiger partial charge in [-0.05, 0) is 48.0 Å². The van der Waals surface area contributed by atoms with E-state index in [2.05, 4.69) is 0 Å². The number of hydrogen-bond donors (Lipinski definition) is 3. The van der Waals surface area contributed by atoms with Crippen LogP contribution < -0.4 is 0 Å². The fourth-order valence-electron chi connectivity index (χ4n) is 2.49. The van der Waals surface area contributed by atoms with E-state index in [1.807, 2.05) is 0 Å². The topological polar surface area (TPSA) is 108 Å². The van der Waals surface area contributed by atoms with Crippen molar-refractivity contribution in [2.24, 2.45) is 0 Å². The van der Waals surface area contributed by atoms with Gasteiger partial charge in [0, 0.05) is 11.1 Å². The predicted molar refractivity (Wildman–Crippen MR) is 98.5 cm³/mol. The molecule has 0 radical (unpaired) electrons. The molecule has 0 amide bonds. The molecule has 2 aromatic carbocycles. The lowest BCUT2D eigenvalue weighted by atomic mass is 10.1. The predicted octanol–water partition coefficient (Wildman–Crippen LogP) is 3.74. The van der Waals surface area contributed by atoms with Gasteiger partial charge >= 0.3 is 5.97 Å². The normalized spacial score (nSPS) is 11.0. The standard InChI is InChI=1S/C21H16O6/c22-12-13-1-3-14(4-2-13)18(23)9-6-16-7-10-20(27-16)15-5-8-19(24)17(11-15)21(25)26/h1-11,22,24H,12H2,(H,25,26)/b9-6+. The second kappa shape index (κ2) is 7.72. The summed E-state index contributed by atoms with van der Waals surface area (Å²) in [6.45, 7) is -0.0830. The molecule has 6 heteroatoms. The van der Waals surface area contributed by atoms with E-state index in [4.69, 9.17) is 14.6 Å². The van der Waals surface area contributed by atoms with Crippen molar-refractivity contribution in [3.8, 4) is 17.1 Å². The fourth-order valence-corrected chi connectivity index (χ4v) is 2.49. The Bertz CT molecular complexity index is 1010. The number of aliphatic hydroxyl groups is 1. The molecule has 0 bridgehead atoms. The summed E-state index contributed by atoms with van der Waals surface area (Å²) in [5.41, 5.74) is 1.49. The molecule has 136 valence electrons. The Morgan fingerprint density at radius 2 is 1.74 bits per heavy atom. The fraction of sp³-hybridized carbons (Fsp3) is 0.0476. The van der Waals surface area contributed by atoms with Crippen LogP contribution in [0.3, 0.4) is 0 Å². The van der Waals surface area contributed by atoms with E-state index in [0.717, 1.165) is 5.56 Å². The summed E-state index contributed by atoms with van der Waals surface area (Å²) in [4.78, 5) is 23.3. The van der Waals surface area contributed by atoms with E-state index >= 15 is 0 Å². The molecule has 0 aliphatic rings. The summed E-state index contributed by atoms with van der Waals surface area (Å²) < 4.78 is 5.62. The van der Waals surface area contributed by atoms with Gasteiger partial charge < -0.3 is 19.7 Å². The third-order valence-corrected chi connectivity index (χ3v) is 3.96. The summed E-state index contributed by atoms with van der Waals surface area (Å²) in [6.07, 6.45) is 2.89. The van der Waals surface area contributed by atoms with Gasteiger partial charge in [-0.25, -0.2) is 4.79 Å². The average molecular weight is 364 g/mol. The summed E-state index contributed by atoms with van der Waals surface area (Å²) in [5.74, 6) is -0.933. The molecule has 6 nitrogen and oxygen atoms in total. The number of furan rings is 1. The highest BCUT2D eigenvalue weighted by Gasteiger charge is 2.12. The third-order valence-electron chi connectivity index (χ3n) is 3.96. The molecule has 0 aliphatic carbocycles. The molecular weight excluding hydrogens is 348 g/mol. The zero-order valence-electron chi connectivity index (χ0n) is 14.1. The number of aromatic carboxylic acids is 1. The van der Waals surface area contributed by atoms with Crippen molar-refractivity contribution in [2.75, 3.05) is 0 Å². The molecule has 0 unspecified atom stereocenters. The first-order chi connectivity index (χ1) is 13.0. The number of carbonyl (C=O) groups excluding carboxylic acids is 1. The lowest BCUT2D eigenvalue weighted by Gasteiger charge is -2.02. The van der Waals surface area contributed by atoms with Crippen molar-refractivity contribution < 1.29 is 29.3 Å². The first kappa shape index (κ1) is 18.2. The minimum Gasteiger partial charge on any atom is -0.507 e. The lowest BCUT2D eigenvalue weighted by molar-refractivity contribution is 0.0693. The summed E-state index contributed by atoms with van der Waals surface area (Å²) in [5, 5.41) is 27.7. The van der Waals surface area contributed by atoms with Crippen LogP contribution in [-0.4, -0.2) is 27.1 Å². The number of ketones is 1. The Balaban J connectivity index is 1.77. The van der Waals surface area contributed by atoms with Gasteiger partial charge in [0.25, 0.3) is 0 Å². The molecular formula is C21H16O6. The van der Waals surface area contributed by atoms with Gasteiger partial charge in [-0.3, -0.25) is 4.79 Å². The van der Waals surface area contributed by atoms with Crippen molar-refractivity contribution in [2.45, 2.75) is 6.61 Å². The van der Waals surface area contributed by atoms with Crippen LogP contribution in [0.5, 0.6) is 5.75 Å². The molecule has 1 aromatic heterocycles. The van der Waals surface area contributed by atoms with Crippen molar-refractivity contribution in [1.29, 1.82) is 0 Å². The average Bonchev–Trinajstić information content (AvgIpc) is 3.15. The van der Waals surface area contributed by atoms with Crippen LogP contribution in [0.2, 0.25) is 0 Å². The number of rotatable bonds is 6. The molecule has 3 aromatic rings. The minimum absolute atomic E-state index is 0.0830. The van der Waals surface area contributed by atoms with Gasteiger partial charge in [-0.15, -0.1) is 0 Å². The number of carboxylic acid groups (broad SMARTS) is 1. The molecule has 0 saturated carbocycles. The monoisotopic (exact) mass is 364 g/mol. The second-order valence-corrected chi connectivity index (χ2v) is 5.79. The van der Waals surface area contributed by atoms with Crippen LogP contribution in [-0.2, 0) is 6.61 Å². The molecule has 0 saturated heterocycles. The third kappa shape index (κ3) is 4.13. The second-order valence-electron chi connectivity index (χ2n) is 5.79. The Morgan fingerprint density at radius 3 is 2.41 bits per heavy atom. The SMILES string of the molecule is O=C(/C=C/c1ccc(-c2ccc(O)c(C(=O)O)c2)o1)c1ccc(CO)cc1. The zero-order chi connectivity index (χ0) is 19.4. The maximum absolute atomic E-state index is 12.2. The highest BCUT2D eigenvalue weighted by atomic mass is 16.4. The first-order valence-electron chi connectivity index (χ1n) is 8.06. The molecule has 3 rings (SSSR count). The number of carboxylic acids is 1. The number of hydrogen-bond acceptors (Lipinski definition) is 5. The number of aromatic hydroxyl groups is 1. The van der Waals surface area contributed by atoms with Crippen LogP contribution in [0.4, 0.5) is 0 Å². The molecule has 0 aliphatic heterocycles. The molecule has 0 fully saturated rings. The van der Waals surface area contributed by atoms with Crippen LogP contribution >= 0.6 is 0 Å². The highest BCUT2D eigenvalue weighted by Crippen LogP contribution is 2.28. The Labute approximate surface area is 154 Å². The number of aliphatic hydroxyl groups excluding tert-OH is 1. The van der Waals surface area contributed by atoms with E-state index in [1.54, 1.807) is 42.5 Å². The van der Waals surface area contributed by atoms with E-state index in [0.29, 0.717) is 22.6 Å². The molecule has 27 heavy (non-hydrogen) atoms. The number of carbonyl (C=O) groups is 2. The molecule has 0 atom stereocenters. The van der Waals surface area contributed by atoms with Gasteiger partial charge in [0.2, 0.25) is 0 Å². The maximum Gasteiger partial charge on any atom is 0.339 e. The van der Waals surface area contributed by atoms with Crippen LogP contribution in [0.1, 0.15) is 32.0 Å². The first-order valence-corrected chi connectivity index (χ1v) is 8.06. The van der Waals surface area contributed by atoms with Crippen LogP contribution in [0.25, 0.3) is 17.4 Å². The smallest absolute Gasteiger partial charge is 0.339 e. The minimum atomic E-state index is -1.24. The Hall–Kier alpha value is -3.64. The van der Waals surface area contributed by atoms with Crippen molar-refractivity contribution in [3.63, 3.8) is 0 Å². The van der Waals surface area contributed by atoms with E-state index in [9.17, 15) is 14.7 Å². The van der Waals surface area contributed by atoms with Gasteiger partial charge in [0.1, 0.15) is 22.8 Å². The largest absolute Gasteiger partial charge is 0.507 e. The Morgan fingerprint density at radius 1 is 1.00 bits per heavy atom. The summed E-state index contributed by atoms with van der Waals surface area (Å²) in [6, 6.07) is 14.1. The van der Waals surface area contributed by atoms with Gasteiger partial charge in [0.05, 0.1) is 6.61 Å². The van der Waals surface area contributed by atoms with Gasteiger partial charge in [-0.2, -0.15) is 0 Å². The molecule has 0 spiro atoms. The summed E-state index contributed by atoms with van der Waals surface area (Å²) >= 11 is 0.